The number of hydrogen-bond donors (Lipinski definition) is 1. The zero-order chi connectivity index (χ0) is 19.6. The molecule has 138 valence electrons. The van der Waals surface area contributed by atoms with Crippen LogP contribution in [-0.2, 0) is 9.53 Å². The molecule has 1 aromatic heterocycles. The summed E-state index contributed by atoms with van der Waals surface area (Å²) in [6.07, 6.45) is 0. The number of pyridine rings is 1. The van der Waals surface area contributed by atoms with E-state index in [4.69, 9.17) is 16.3 Å². The Morgan fingerprint density at radius 1 is 1.11 bits per heavy atom. The third kappa shape index (κ3) is 4.38. The molecule has 1 amide bonds. The fourth-order valence-corrected chi connectivity index (χ4v) is 2.64. The van der Waals surface area contributed by atoms with Crippen LogP contribution in [-0.4, -0.2) is 23.5 Å². The van der Waals surface area contributed by atoms with Crippen molar-refractivity contribution in [2.45, 2.75) is 6.92 Å². The average molecular weight is 391 g/mol. The number of hydrogen-bond acceptors (Lipinski definition) is 4. The predicted octanol–water partition coefficient (Wildman–Crippen LogP) is 4.27. The van der Waals surface area contributed by atoms with E-state index in [-0.39, 0.29) is 16.3 Å². The highest BCUT2D eigenvalue weighted by molar-refractivity contribution is 6.33. The van der Waals surface area contributed by atoms with Gasteiger partial charge in [0.15, 0.2) is 6.61 Å². The number of ether oxygens (including phenoxy) is 1. The van der Waals surface area contributed by atoms with Gasteiger partial charge in [0.05, 0.1) is 27.5 Å². The van der Waals surface area contributed by atoms with Crippen LogP contribution < -0.4 is 5.32 Å². The van der Waals surface area contributed by atoms with Crippen molar-refractivity contribution in [3.8, 4) is 0 Å². The number of halogens is 3. The van der Waals surface area contributed by atoms with Crippen LogP contribution in [0.15, 0.2) is 42.5 Å². The molecule has 27 heavy (non-hydrogen) atoms. The molecule has 0 saturated heterocycles. The molecule has 0 radical (unpaired) electrons. The zero-order valence-electron chi connectivity index (χ0n) is 14.1. The second-order valence-corrected chi connectivity index (χ2v) is 6.11. The minimum absolute atomic E-state index is 0.0245. The van der Waals surface area contributed by atoms with E-state index in [1.807, 2.05) is 0 Å². The molecule has 0 bridgehead atoms. The van der Waals surface area contributed by atoms with Crippen molar-refractivity contribution in [1.29, 1.82) is 0 Å². The second-order valence-electron chi connectivity index (χ2n) is 5.71. The van der Waals surface area contributed by atoms with Gasteiger partial charge in [0.2, 0.25) is 0 Å². The highest BCUT2D eigenvalue weighted by Crippen LogP contribution is 2.22. The molecule has 0 atom stereocenters. The average Bonchev–Trinajstić information content (AvgIpc) is 2.61. The fourth-order valence-electron chi connectivity index (χ4n) is 2.43. The van der Waals surface area contributed by atoms with Crippen molar-refractivity contribution in [1.82, 2.24) is 4.98 Å². The third-order valence-electron chi connectivity index (χ3n) is 3.73. The van der Waals surface area contributed by atoms with E-state index in [1.54, 1.807) is 6.92 Å². The molecule has 3 rings (SSSR count). The number of carbonyl (C=O) groups excluding carboxylic acids is 2. The van der Waals surface area contributed by atoms with Gasteiger partial charge in [0.25, 0.3) is 5.91 Å². The van der Waals surface area contributed by atoms with Crippen molar-refractivity contribution >= 4 is 40.1 Å². The smallest absolute Gasteiger partial charge is 0.340 e. The molecule has 0 fully saturated rings. The number of nitrogens with zero attached hydrogens (tertiary/aromatic N) is 1. The Labute approximate surface area is 157 Å². The zero-order valence-corrected chi connectivity index (χ0v) is 14.8. The number of rotatable bonds is 4. The lowest BCUT2D eigenvalue weighted by Gasteiger charge is -2.10. The van der Waals surface area contributed by atoms with Crippen molar-refractivity contribution in [3.63, 3.8) is 0 Å². The maximum Gasteiger partial charge on any atom is 0.340 e. The lowest BCUT2D eigenvalue weighted by molar-refractivity contribution is -0.119. The van der Waals surface area contributed by atoms with Crippen LogP contribution in [0.1, 0.15) is 16.1 Å². The SMILES string of the molecule is Cc1nc2cc(F)ccc2cc1C(=O)OCC(=O)Nc1ccc(F)cc1Cl. The number of esters is 1. The predicted molar refractivity (Wildman–Crippen MR) is 96.8 cm³/mol. The first-order valence-corrected chi connectivity index (χ1v) is 8.20. The van der Waals surface area contributed by atoms with E-state index < -0.39 is 30.1 Å². The molecule has 0 aliphatic rings. The van der Waals surface area contributed by atoms with Gasteiger partial charge >= 0.3 is 5.97 Å². The van der Waals surface area contributed by atoms with Gasteiger partial charge in [-0.1, -0.05) is 11.6 Å². The van der Waals surface area contributed by atoms with E-state index in [9.17, 15) is 18.4 Å². The highest BCUT2D eigenvalue weighted by atomic mass is 35.5. The third-order valence-corrected chi connectivity index (χ3v) is 4.04. The van der Waals surface area contributed by atoms with Crippen LogP contribution in [0.5, 0.6) is 0 Å². The van der Waals surface area contributed by atoms with Crippen LogP contribution in [0.25, 0.3) is 10.9 Å². The summed E-state index contributed by atoms with van der Waals surface area (Å²) >= 11 is 5.82. The number of carbonyl (C=O) groups is 2. The van der Waals surface area contributed by atoms with Crippen molar-refractivity contribution < 1.29 is 23.1 Å². The molecular formula is C19H13ClF2N2O3. The van der Waals surface area contributed by atoms with Gasteiger partial charge in [-0.3, -0.25) is 9.78 Å². The molecule has 5 nitrogen and oxygen atoms in total. The largest absolute Gasteiger partial charge is 0.452 e. The van der Waals surface area contributed by atoms with Crippen LogP contribution in [0.4, 0.5) is 14.5 Å². The Bertz CT molecular complexity index is 1060. The summed E-state index contributed by atoms with van der Waals surface area (Å²) in [5.41, 5.74) is 1.12. The normalized spacial score (nSPS) is 10.7. The molecular weight excluding hydrogens is 378 g/mol. The molecule has 2 aromatic carbocycles. The standard InChI is InChI=1S/C19H13ClF2N2O3/c1-10-14(6-11-2-3-13(22)8-17(11)23-10)19(26)27-9-18(25)24-16-5-4-12(21)7-15(16)20/h2-8H,9H2,1H3,(H,24,25). The molecule has 3 aromatic rings. The second kappa shape index (κ2) is 7.67. The van der Waals surface area contributed by atoms with Crippen LogP contribution in [0.3, 0.4) is 0 Å². The van der Waals surface area contributed by atoms with Gasteiger partial charge in [-0.25, -0.2) is 13.6 Å². The Morgan fingerprint density at radius 3 is 2.56 bits per heavy atom. The maximum absolute atomic E-state index is 13.3. The number of aromatic nitrogens is 1. The van der Waals surface area contributed by atoms with Gasteiger partial charge in [0.1, 0.15) is 11.6 Å². The molecule has 0 spiro atoms. The molecule has 0 aliphatic carbocycles. The van der Waals surface area contributed by atoms with E-state index >= 15 is 0 Å². The number of fused-ring (bicyclic) bond motifs is 1. The summed E-state index contributed by atoms with van der Waals surface area (Å²) in [6.45, 7) is 1.02. The molecule has 1 heterocycles. The van der Waals surface area contributed by atoms with E-state index in [0.29, 0.717) is 16.6 Å². The molecule has 8 heteroatoms. The van der Waals surface area contributed by atoms with Crippen molar-refractivity contribution in [3.05, 3.63) is 70.4 Å². The summed E-state index contributed by atoms with van der Waals surface area (Å²) in [6, 6.07) is 9.03. The Balaban J connectivity index is 1.68. The number of amides is 1. The van der Waals surface area contributed by atoms with Crippen molar-refractivity contribution in [2.24, 2.45) is 0 Å². The lowest BCUT2D eigenvalue weighted by atomic mass is 10.1. The quantitative estimate of drug-likeness (QED) is 0.675. The highest BCUT2D eigenvalue weighted by Gasteiger charge is 2.16. The summed E-state index contributed by atoms with van der Waals surface area (Å²) in [5, 5.41) is 3.01. The molecule has 1 N–H and O–H groups in total. The number of anilines is 1. The first kappa shape index (κ1) is 18.7. The summed E-state index contributed by atoms with van der Waals surface area (Å²) in [5.74, 6) is -2.35. The van der Waals surface area contributed by atoms with E-state index in [0.717, 1.165) is 12.1 Å². The minimum Gasteiger partial charge on any atom is -0.452 e. The van der Waals surface area contributed by atoms with Crippen LogP contribution >= 0.6 is 11.6 Å². The van der Waals surface area contributed by atoms with E-state index in [2.05, 4.69) is 10.3 Å². The number of nitrogens with one attached hydrogen (secondary N) is 1. The molecule has 0 saturated carbocycles. The summed E-state index contributed by atoms with van der Waals surface area (Å²) < 4.78 is 31.3. The topological polar surface area (TPSA) is 68.3 Å². The maximum atomic E-state index is 13.3. The van der Waals surface area contributed by atoms with Crippen molar-refractivity contribution in [2.75, 3.05) is 11.9 Å². The first-order chi connectivity index (χ1) is 12.8. The number of aryl methyl sites for hydroxylation is 1. The fraction of sp³-hybridized carbons (Fsp3) is 0.105. The summed E-state index contributed by atoms with van der Waals surface area (Å²) in [4.78, 5) is 28.4. The molecule has 0 unspecified atom stereocenters. The van der Waals surface area contributed by atoms with Gasteiger partial charge in [-0.2, -0.15) is 0 Å². The Kier molecular flexibility index (Phi) is 5.32. The van der Waals surface area contributed by atoms with Gasteiger partial charge in [-0.15, -0.1) is 0 Å². The Hall–Kier alpha value is -3.06. The number of benzene rings is 2. The van der Waals surface area contributed by atoms with Crippen LogP contribution in [0.2, 0.25) is 5.02 Å². The lowest BCUT2D eigenvalue weighted by Crippen LogP contribution is -2.21. The van der Waals surface area contributed by atoms with Gasteiger partial charge < -0.3 is 10.1 Å². The van der Waals surface area contributed by atoms with Gasteiger partial charge in [-0.05, 0) is 43.3 Å². The van der Waals surface area contributed by atoms with Gasteiger partial charge in [0, 0.05) is 11.5 Å². The first-order valence-electron chi connectivity index (χ1n) is 7.82. The minimum atomic E-state index is -0.744. The Morgan fingerprint density at radius 2 is 1.81 bits per heavy atom. The summed E-state index contributed by atoms with van der Waals surface area (Å²) in [7, 11) is 0. The van der Waals surface area contributed by atoms with E-state index in [1.165, 1.54) is 30.3 Å². The monoisotopic (exact) mass is 390 g/mol. The van der Waals surface area contributed by atoms with Crippen LogP contribution in [0, 0.1) is 18.6 Å². The molecule has 0 aliphatic heterocycles.